The Morgan fingerprint density at radius 1 is 0.465 bits per heavy atom. The van der Waals surface area contributed by atoms with Crippen LogP contribution in [-0.4, -0.2) is 15.2 Å². The first-order chi connectivity index (χ1) is 19.8. The molecule has 0 aliphatic heterocycles. The van der Waals surface area contributed by atoms with Gasteiger partial charge in [-0.15, -0.1) is 0 Å². The van der Waals surface area contributed by atoms with Crippen LogP contribution >= 0.6 is 0 Å². The van der Waals surface area contributed by atoms with Gasteiger partial charge in [0.15, 0.2) is 0 Å². The molecule has 0 aliphatic carbocycles. The summed E-state index contributed by atoms with van der Waals surface area (Å²) in [4.78, 5) is 5.17. The molecule has 1 aromatic heterocycles. The Bertz CT molecular complexity index is 1660. The zero-order chi connectivity index (χ0) is 30.4. The van der Waals surface area contributed by atoms with Crippen molar-refractivity contribution in [3.8, 4) is 56.3 Å². The number of phenolic OH excluding ortho intramolecular Hbond substituents is 2. The molecule has 0 saturated heterocycles. The summed E-state index contributed by atoms with van der Waals surface area (Å²) in [6.45, 7) is 16.9. The van der Waals surface area contributed by atoms with Crippen LogP contribution in [0.5, 0.6) is 11.5 Å². The van der Waals surface area contributed by atoms with Gasteiger partial charge in [0.05, 0.1) is 11.4 Å². The fourth-order valence-electron chi connectivity index (χ4n) is 5.73. The summed E-state index contributed by atoms with van der Waals surface area (Å²) in [7, 11) is 0. The number of benzene rings is 4. The summed E-state index contributed by atoms with van der Waals surface area (Å²) in [6.07, 6.45) is 0. The molecule has 0 fully saturated rings. The van der Waals surface area contributed by atoms with Crippen molar-refractivity contribution in [2.75, 3.05) is 0 Å². The predicted octanol–water partition coefficient (Wildman–Crippen LogP) is 10.4. The molecule has 0 spiro atoms. The van der Waals surface area contributed by atoms with Crippen molar-refractivity contribution in [2.24, 2.45) is 0 Å². The van der Waals surface area contributed by atoms with Crippen LogP contribution in [0.15, 0.2) is 91.0 Å². The third-order valence-electron chi connectivity index (χ3n) is 7.86. The molecular weight excluding hydrogens is 693 g/mol. The van der Waals surface area contributed by atoms with Crippen LogP contribution in [0.2, 0.25) is 0 Å². The fourth-order valence-corrected chi connectivity index (χ4v) is 5.73. The number of nitrogens with zero attached hydrogens (tertiary/aromatic N) is 1. The standard InChI is InChI=1S/C39H41NO2.Hf/c1-24-20-30(36(41)32(22-24)38(3,4)5)26-14-9-11-16-28(26)34-18-13-19-35(40-34)29-17-12-10-15-27(29)31-21-25(2)23-33(37(31)42)39(6,7)8;/h9-23,41-42H,1-8H3;. The van der Waals surface area contributed by atoms with Gasteiger partial charge in [-0.3, -0.25) is 0 Å². The summed E-state index contributed by atoms with van der Waals surface area (Å²) in [5.41, 5.74) is 10.7. The van der Waals surface area contributed by atoms with Gasteiger partial charge in [0, 0.05) is 59.2 Å². The smallest absolute Gasteiger partial charge is 0.127 e. The molecule has 4 aromatic carbocycles. The van der Waals surface area contributed by atoms with Gasteiger partial charge < -0.3 is 10.2 Å². The number of hydrogen-bond donors (Lipinski definition) is 2. The molecule has 4 heteroatoms. The van der Waals surface area contributed by atoms with E-state index in [1.807, 2.05) is 42.5 Å². The number of phenols is 2. The first-order valence-electron chi connectivity index (χ1n) is 14.6. The molecule has 0 unspecified atom stereocenters. The first kappa shape index (κ1) is 32.4. The second-order valence-corrected chi connectivity index (χ2v) is 13.4. The molecule has 0 bridgehead atoms. The Morgan fingerprint density at radius 3 is 1.16 bits per heavy atom. The van der Waals surface area contributed by atoms with Gasteiger partial charge in [-0.05, 0) is 71.2 Å². The van der Waals surface area contributed by atoms with Gasteiger partial charge in [-0.25, -0.2) is 4.98 Å². The quantitative estimate of drug-likeness (QED) is 0.181. The van der Waals surface area contributed by atoms with Crippen LogP contribution in [0.4, 0.5) is 0 Å². The second kappa shape index (κ2) is 12.2. The van der Waals surface area contributed by atoms with Crippen LogP contribution in [0.25, 0.3) is 44.8 Å². The molecule has 2 N–H and O–H groups in total. The van der Waals surface area contributed by atoms with Gasteiger partial charge in [-0.1, -0.05) is 108 Å². The Balaban J connectivity index is 0.00000423. The largest absolute Gasteiger partial charge is 0.507 e. The molecule has 0 saturated carbocycles. The number of rotatable bonds is 4. The van der Waals surface area contributed by atoms with Crippen LogP contribution in [0.1, 0.15) is 63.8 Å². The SMILES string of the molecule is Cc1cc(-c2ccccc2-c2cccc(-c3ccccc3-c3cc(C)cc(C(C)(C)C)c3O)n2)c(O)c(C(C)(C)C)c1.[Hf]. The van der Waals surface area contributed by atoms with Gasteiger partial charge in [-0.2, -0.15) is 0 Å². The molecule has 1 heterocycles. The van der Waals surface area contributed by atoms with Crippen molar-refractivity contribution in [3.05, 3.63) is 113 Å². The summed E-state index contributed by atoms with van der Waals surface area (Å²) < 4.78 is 0. The van der Waals surface area contributed by atoms with Crippen molar-refractivity contribution < 1.29 is 36.1 Å². The van der Waals surface area contributed by atoms with E-state index < -0.39 is 0 Å². The van der Waals surface area contributed by atoms with Crippen LogP contribution in [-0.2, 0) is 36.7 Å². The summed E-state index contributed by atoms with van der Waals surface area (Å²) in [5, 5.41) is 22.9. The van der Waals surface area contributed by atoms with E-state index in [0.29, 0.717) is 11.5 Å². The Kier molecular flexibility index (Phi) is 9.23. The zero-order valence-corrected chi connectivity index (χ0v) is 30.1. The van der Waals surface area contributed by atoms with Crippen molar-refractivity contribution in [1.29, 1.82) is 0 Å². The number of pyridine rings is 1. The first-order valence-corrected chi connectivity index (χ1v) is 14.6. The minimum atomic E-state index is -0.199. The molecule has 3 nitrogen and oxygen atoms in total. The van der Waals surface area contributed by atoms with E-state index in [-0.39, 0.29) is 36.7 Å². The third-order valence-corrected chi connectivity index (χ3v) is 7.86. The predicted molar refractivity (Wildman–Crippen MR) is 176 cm³/mol. The summed E-state index contributed by atoms with van der Waals surface area (Å²) in [5.74, 6) is 0.623. The topological polar surface area (TPSA) is 53.4 Å². The van der Waals surface area contributed by atoms with Crippen LogP contribution < -0.4 is 0 Å². The fraction of sp³-hybridized carbons (Fsp3) is 0.256. The molecule has 43 heavy (non-hydrogen) atoms. The van der Waals surface area contributed by atoms with Crippen LogP contribution in [0, 0.1) is 13.8 Å². The molecule has 0 amide bonds. The number of hydrogen-bond acceptors (Lipinski definition) is 3. The minimum Gasteiger partial charge on any atom is -0.507 e. The average Bonchev–Trinajstić information content (AvgIpc) is 2.94. The molecule has 0 radical (unpaired) electrons. The molecule has 5 rings (SSSR count). The van der Waals surface area contributed by atoms with Crippen molar-refractivity contribution in [3.63, 3.8) is 0 Å². The Morgan fingerprint density at radius 2 is 0.814 bits per heavy atom. The van der Waals surface area contributed by atoms with E-state index in [1.54, 1.807) is 0 Å². The third kappa shape index (κ3) is 6.55. The molecule has 0 aliphatic rings. The molecule has 0 atom stereocenters. The van der Waals surface area contributed by atoms with Crippen molar-refractivity contribution in [1.82, 2.24) is 4.98 Å². The summed E-state index contributed by atoms with van der Waals surface area (Å²) >= 11 is 0. The normalized spacial score (nSPS) is 11.7. The zero-order valence-electron chi connectivity index (χ0n) is 26.5. The van der Waals surface area contributed by atoms with Gasteiger partial charge in [0.25, 0.3) is 0 Å². The van der Waals surface area contributed by atoms with E-state index in [0.717, 1.165) is 67.0 Å². The Labute approximate surface area is 275 Å². The number of aromatic nitrogens is 1. The van der Waals surface area contributed by atoms with Gasteiger partial charge in [0.2, 0.25) is 0 Å². The Hall–Kier alpha value is -3.50. The maximum absolute atomic E-state index is 11.5. The van der Waals surface area contributed by atoms with E-state index in [4.69, 9.17) is 4.98 Å². The minimum absolute atomic E-state index is 0. The van der Waals surface area contributed by atoms with Crippen molar-refractivity contribution >= 4 is 0 Å². The van der Waals surface area contributed by atoms with E-state index in [9.17, 15) is 10.2 Å². The maximum Gasteiger partial charge on any atom is 0.127 e. The molecular formula is C39H41HfNO2. The number of aromatic hydroxyl groups is 2. The number of aryl methyl sites for hydroxylation is 2. The second-order valence-electron chi connectivity index (χ2n) is 13.4. The monoisotopic (exact) mass is 735 g/mol. The average molecular weight is 734 g/mol. The maximum atomic E-state index is 11.5. The van der Waals surface area contributed by atoms with E-state index in [1.165, 1.54) is 0 Å². The van der Waals surface area contributed by atoms with Gasteiger partial charge >= 0.3 is 0 Å². The van der Waals surface area contributed by atoms with E-state index >= 15 is 0 Å². The molecule has 5 aromatic rings. The van der Waals surface area contributed by atoms with Crippen molar-refractivity contribution in [2.45, 2.75) is 66.2 Å². The molecule has 218 valence electrons. The summed E-state index contributed by atoms with van der Waals surface area (Å²) in [6, 6.07) is 30.6. The van der Waals surface area contributed by atoms with Gasteiger partial charge in [0.1, 0.15) is 11.5 Å². The van der Waals surface area contributed by atoms with E-state index in [2.05, 4.69) is 104 Å². The van der Waals surface area contributed by atoms with Crippen LogP contribution in [0.3, 0.4) is 0 Å².